The number of benzene rings is 1. The highest BCUT2D eigenvalue weighted by molar-refractivity contribution is 5.76. The molecule has 4 aliphatic rings. The third-order valence-electron chi connectivity index (χ3n) is 9.04. The van der Waals surface area contributed by atoms with Gasteiger partial charge in [-0.1, -0.05) is 55.8 Å². The molecule has 2 heterocycles. The second-order valence-corrected chi connectivity index (χ2v) is 10.7. The lowest BCUT2D eigenvalue weighted by molar-refractivity contribution is -1.02. The van der Waals surface area contributed by atoms with Gasteiger partial charge in [-0.3, -0.25) is 4.79 Å². The summed E-state index contributed by atoms with van der Waals surface area (Å²) >= 11 is 0. The lowest BCUT2D eigenvalue weighted by Crippen LogP contribution is -3.27. The lowest BCUT2D eigenvalue weighted by Gasteiger charge is -2.51. The lowest BCUT2D eigenvalue weighted by atomic mass is 9.55. The van der Waals surface area contributed by atoms with E-state index in [0.717, 1.165) is 58.5 Å². The molecule has 0 bridgehead atoms. The highest BCUT2D eigenvalue weighted by atomic mass is 16.6. The van der Waals surface area contributed by atoms with Crippen LogP contribution in [0.5, 0.6) is 0 Å². The van der Waals surface area contributed by atoms with Gasteiger partial charge in [0.25, 0.3) is 0 Å². The summed E-state index contributed by atoms with van der Waals surface area (Å²) in [6.45, 7) is 10.8. The number of quaternary nitrogens is 2. The van der Waals surface area contributed by atoms with E-state index in [1.807, 2.05) is 0 Å². The molecule has 2 saturated heterocycles. The molecule has 168 valence electrons. The number of hydrogen-bond acceptors (Lipinski definition) is 3. The Morgan fingerprint density at radius 3 is 2.58 bits per heavy atom. The zero-order valence-corrected chi connectivity index (χ0v) is 19.0. The summed E-state index contributed by atoms with van der Waals surface area (Å²) < 4.78 is 5.86. The highest BCUT2D eigenvalue weighted by Crippen LogP contribution is 2.55. The molecule has 5 nitrogen and oxygen atoms in total. The second kappa shape index (κ2) is 8.34. The molecule has 1 saturated carbocycles. The Labute approximate surface area is 186 Å². The van der Waals surface area contributed by atoms with E-state index in [1.54, 1.807) is 4.90 Å². The van der Waals surface area contributed by atoms with Crippen molar-refractivity contribution in [3.05, 3.63) is 47.5 Å². The number of piperazine rings is 1. The Morgan fingerprint density at radius 1 is 1.13 bits per heavy atom. The van der Waals surface area contributed by atoms with Gasteiger partial charge in [-0.05, 0) is 18.8 Å². The molecule has 1 aromatic rings. The van der Waals surface area contributed by atoms with Gasteiger partial charge in [-0.2, -0.15) is 0 Å². The molecule has 6 atom stereocenters. The number of allylic oxidation sites excluding steroid dienone is 1. The maximum Gasteiger partial charge on any atom is 0.315 e. The van der Waals surface area contributed by atoms with Gasteiger partial charge < -0.3 is 19.6 Å². The van der Waals surface area contributed by atoms with Crippen molar-refractivity contribution in [2.45, 2.75) is 51.9 Å². The minimum atomic E-state index is -0.492. The van der Waals surface area contributed by atoms with Crippen LogP contribution in [0.1, 0.15) is 38.7 Å². The minimum absolute atomic E-state index is 0.0580. The highest BCUT2D eigenvalue weighted by Gasteiger charge is 2.60. The molecule has 5 heteroatoms. The number of esters is 1. The molecule has 0 spiro atoms. The molecule has 0 unspecified atom stereocenters. The maximum atomic E-state index is 12.9. The first-order chi connectivity index (χ1) is 15.0. The van der Waals surface area contributed by atoms with Crippen molar-refractivity contribution >= 4 is 5.97 Å². The molecule has 0 radical (unpaired) electrons. The predicted molar refractivity (Wildman–Crippen MR) is 118 cm³/mol. The summed E-state index contributed by atoms with van der Waals surface area (Å²) in [6, 6.07) is 10.7. The van der Waals surface area contributed by atoms with Crippen molar-refractivity contribution in [1.29, 1.82) is 0 Å². The first-order valence-corrected chi connectivity index (χ1v) is 12.3. The zero-order valence-electron chi connectivity index (χ0n) is 19.0. The fourth-order valence-electron chi connectivity index (χ4n) is 6.83. The van der Waals surface area contributed by atoms with Crippen LogP contribution in [0.25, 0.3) is 0 Å². The van der Waals surface area contributed by atoms with E-state index in [-0.39, 0.29) is 29.3 Å². The van der Waals surface area contributed by atoms with E-state index in [0.29, 0.717) is 5.92 Å². The molecule has 31 heavy (non-hydrogen) atoms. The van der Waals surface area contributed by atoms with E-state index in [1.165, 1.54) is 16.0 Å². The van der Waals surface area contributed by atoms with Crippen LogP contribution in [0.4, 0.5) is 0 Å². The third-order valence-corrected chi connectivity index (χ3v) is 9.04. The van der Waals surface area contributed by atoms with Gasteiger partial charge in [-0.15, -0.1) is 0 Å². The number of carbonyl (C=O) groups excluding carboxylic acids is 1. The van der Waals surface area contributed by atoms with Gasteiger partial charge in [0.2, 0.25) is 0 Å². The van der Waals surface area contributed by atoms with Crippen LogP contribution in [0.2, 0.25) is 0 Å². The zero-order chi connectivity index (χ0) is 21.6. The first-order valence-electron chi connectivity index (χ1n) is 12.3. The van der Waals surface area contributed by atoms with Crippen LogP contribution in [0, 0.1) is 23.2 Å². The van der Waals surface area contributed by atoms with Gasteiger partial charge in [-0.25, -0.2) is 0 Å². The van der Waals surface area contributed by atoms with Gasteiger partial charge in [0.15, 0.2) is 0 Å². The Morgan fingerprint density at radius 2 is 1.84 bits per heavy atom. The van der Waals surface area contributed by atoms with E-state index in [4.69, 9.17) is 4.74 Å². The molecular weight excluding hydrogens is 388 g/mol. The molecule has 3 fully saturated rings. The fourth-order valence-corrected chi connectivity index (χ4v) is 6.83. The summed E-state index contributed by atoms with van der Waals surface area (Å²) in [4.78, 5) is 16.0. The van der Waals surface area contributed by atoms with Crippen LogP contribution >= 0.6 is 0 Å². The van der Waals surface area contributed by atoms with Crippen LogP contribution in [-0.2, 0) is 16.1 Å². The Bertz CT molecular complexity index is 832. The fraction of sp³-hybridized carbons (Fsp3) is 0.654. The van der Waals surface area contributed by atoms with Crippen LogP contribution in [0.3, 0.4) is 0 Å². The number of fused-ring (bicyclic) bond motifs is 2. The van der Waals surface area contributed by atoms with E-state index in [2.05, 4.69) is 50.3 Å². The Kier molecular flexibility index (Phi) is 5.70. The molecule has 0 amide bonds. The second-order valence-electron chi connectivity index (χ2n) is 10.7. The number of carbonyl (C=O) groups is 1. The quantitative estimate of drug-likeness (QED) is 0.478. The largest absolute Gasteiger partial charge is 0.461 e. The first kappa shape index (κ1) is 21.2. The monoisotopic (exact) mass is 426 g/mol. The molecule has 5 rings (SSSR count). The van der Waals surface area contributed by atoms with E-state index in [9.17, 15) is 9.90 Å². The van der Waals surface area contributed by atoms with Crippen LogP contribution in [-0.4, -0.2) is 56.0 Å². The molecule has 1 aromatic carbocycles. The topological polar surface area (TPSA) is 55.4 Å². The molecule has 3 N–H and O–H groups in total. The summed E-state index contributed by atoms with van der Waals surface area (Å²) in [5, 5.41) is 11.5. The van der Waals surface area contributed by atoms with Gasteiger partial charge in [0.1, 0.15) is 44.7 Å². The average molecular weight is 427 g/mol. The van der Waals surface area contributed by atoms with Crippen molar-refractivity contribution in [3.63, 3.8) is 0 Å². The molecular formula is C26H38N2O3+2. The van der Waals surface area contributed by atoms with E-state index < -0.39 is 6.10 Å². The Balaban J connectivity index is 1.24. The predicted octanol–water partition coefficient (Wildman–Crippen LogP) is 0.255. The van der Waals surface area contributed by atoms with Gasteiger partial charge >= 0.3 is 5.97 Å². The number of hydrogen-bond donors (Lipinski definition) is 3. The SMILES string of the molecule is C[C@H]1CCC=C2C[C@H]3OC(=O)[C@H](C[NH+]4CC[NH+](Cc5ccccc5)CC4)[C@H]3[C@@H](O)[C@@]21C. The number of ether oxygens (including phenoxy) is 1. The smallest absolute Gasteiger partial charge is 0.315 e. The molecule has 0 aromatic heterocycles. The number of nitrogens with one attached hydrogen (secondary N) is 2. The summed E-state index contributed by atoms with van der Waals surface area (Å²) in [6.07, 6.45) is 4.68. The standard InChI is InChI=1S/C26H36N2O3/c1-18-7-6-10-20-15-22-23(24(29)26(18,20)2)21(25(30)31-22)17-28-13-11-27(12-14-28)16-19-8-4-3-5-9-19/h3-5,8-10,18,21-24,29H,6-7,11-17H2,1-2H3/p+2/t18-,21+,22+,23+,24+,26+/m0/s1. The molecule has 2 aliphatic heterocycles. The van der Waals surface area contributed by atoms with Gasteiger partial charge in [0.05, 0.1) is 12.6 Å². The number of aliphatic hydroxyl groups excluding tert-OH is 1. The summed E-state index contributed by atoms with van der Waals surface area (Å²) in [5.74, 6) is 0.143. The van der Waals surface area contributed by atoms with Crippen LogP contribution in [0.15, 0.2) is 42.0 Å². The number of rotatable bonds is 4. The van der Waals surface area contributed by atoms with E-state index >= 15 is 0 Å². The maximum absolute atomic E-state index is 12.9. The average Bonchev–Trinajstić information content (AvgIpc) is 3.07. The van der Waals surface area contributed by atoms with Crippen LogP contribution < -0.4 is 9.80 Å². The molecule has 2 aliphatic carbocycles. The normalized spacial score (nSPS) is 42.4. The van der Waals surface area contributed by atoms with Crippen molar-refractivity contribution < 1.29 is 24.4 Å². The summed E-state index contributed by atoms with van der Waals surface area (Å²) in [5.41, 5.74) is 2.51. The minimum Gasteiger partial charge on any atom is -0.461 e. The Hall–Kier alpha value is -1.69. The third kappa shape index (κ3) is 3.75. The van der Waals surface area contributed by atoms with Crippen molar-refractivity contribution in [2.24, 2.45) is 23.2 Å². The summed E-state index contributed by atoms with van der Waals surface area (Å²) in [7, 11) is 0. The van der Waals surface area contributed by atoms with Crippen molar-refractivity contribution in [1.82, 2.24) is 0 Å². The van der Waals surface area contributed by atoms with Gasteiger partial charge in [0, 0.05) is 23.3 Å². The van der Waals surface area contributed by atoms with Crippen molar-refractivity contribution in [3.8, 4) is 0 Å². The van der Waals surface area contributed by atoms with Crippen molar-refractivity contribution in [2.75, 3.05) is 32.7 Å². The number of aliphatic hydroxyl groups is 1.